The Labute approximate surface area is 76.3 Å². The third-order valence-electron chi connectivity index (χ3n) is 3.00. The molecule has 0 saturated carbocycles. The van der Waals surface area contributed by atoms with Crippen LogP contribution in [-0.2, 0) is 0 Å². The van der Waals surface area contributed by atoms with Gasteiger partial charge >= 0.3 is 0 Å². The van der Waals surface area contributed by atoms with Crippen molar-refractivity contribution in [2.75, 3.05) is 27.2 Å². The van der Waals surface area contributed by atoms with Crippen molar-refractivity contribution in [1.82, 2.24) is 10.2 Å². The number of piperidine rings is 1. The monoisotopic (exact) mass is 170 g/mol. The highest BCUT2D eigenvalue weighted by atomic mass is 15.1. The minimum Gasteiger partial charge on any atom is -0.316 e. The van der Waals surface area contributed by atoms with E-state index in [0.717, 1.165) is 5.92 Å². The Morgan fingerprint density at radius 1 is 1.42 bits per heavy atom. The van der Waals surface area contributed by atoms with Gasteiger partial charge < -0.3 is 10.2 Å². The van der Waals surface area contributed by atoms with Crippen molar-refractivity contribution >= 4 is 0 Å². The topological polar surface area (TPSA) is 15.3 Å². The number of hydrogen-bond donors (Lipinski definition) is 1. The Morgan fingerprint density at radius 3 is 2.42 bits per heavy atom. The largest absolute Gasteiger partial charge is 0.316 e. The van der Waals surface area contributed by atoms with Gasteiger partial charge in [0.15, 0.2) is 0 Å². The lowest BCUT2D eigenvalue weighted by atomic mass is 9.74. The fraction of sp³-hybridized carbons (Fsp3) is 1.00. The summed E-state index contributed by atoms with van der Waals surface area (Å²) in [7, 11) is 4.29. The van der Waals surface area contributed by atoms with E-state index in [0.29, 0.717) is 11.5 Å². The first-order chi connectivity index (χ1) is 5.47. The van der Waals surface area contributed by atoms with E-state index in [2.05, 4.69) is 45.1 Å². The molecule has 12 heavy (non-hydrogen) atoms. The van der Waals surface area contributed by atoms with Crippen LogP contribution in [0, 0.1) is 11.3 Å². The molecule has 0 aliphatic carbocycles. The van der Waals surface area contributed by atoms with Crippen LogP contribution in [0.2, 0.25) is 0 Å². The zero-order valence-electron chi connectivity index (χ0n) is 9.02. The molecule has 1 N–H and O–H groups in total. The summed E-state index contributed by atoms with van der Waals surface area (Å²) in [5.41, 5.74) is 0.404. The molecule has 1 aliphatic rings. The van der Waals surface area contributed by atoms with E-state index < -0.39 is 0 Å². The highest BCUT2D eigenvalue weighted by molar-refractivity contribution is 4.93. The number of hydrogen-bond acceptors (Lipinski definition) is 2. The summed E-state index contributed by atoms with van der Waals surface area (Å²) in [6, 6.07) is 0.661. The number of nitrogens with zero attached hydrogens (tertiary/aromatic N) is 1. The molecule has 0 aromatic heterocycles. The second-order valence-corrected chi connectivity index (χ2v) is 4.93. The fourth-order valence-corrected chi connectivity index (χ4v) is 2.90. The van der Waals surface area contributed by atoms with Gasteiger partial charge in [0.2, 0.25) is 0 Å². The Balaban J connectivity index is 2.71. The molecule has 1 aliphatic heterocycles. The van der Waals surface area contributed by atoms with Crippen LogP contribution >= 0.6 is 0 Å². The molecule has 1 rings (SSSR count). The molecule has 2 heteroatoms. The van der Waals surface area contributed by atoms with Crippen molar-refractivity contribution in [3.05, 3.63) is 0 Å². The van der Waals surface area contributed by atoms with Crippen molar-refractivity contribution < 1.29 is 0 Å². The van der Waals surface area contributed by atoms with Crippen LogP contribution in [0.25, 0.3) is 0 Å². The first-order valence-corrected chi connectivity index (χ1v) is 4.83. The van der Waals surface area contributed by atoms with Gasteiger partial charge in [-0.15, -0.1) is 0 Å². The Hall–Kier alpha value is -0.0800. The lowest BCUT2D eigenvalue weighted by Crippen LogP contribution is -2.56. The Kier molecular flexibility index (Phi) is 2.79. The smallest absolute Gasteiger partial charge is 0.0165 e. The van der Waals surface area contributed by atoms with Gasteiger partial charge in [-0.25, -0.2) is 0 Å². The molecule has 1 saturated heterocycles. The molecule has 2 atom stereocenters. The van der Waals surface area contributed by atoms with Crippen LogP contribution in [0.5, 0.6) is 0 Å². The number of nitrogens with one attached hydrogen (secondary N) is 1. The van der Waals surface area contributed by atoms with Crippen molar-refractivity contribution in [2.24, 2.45) is 11.3 Å². The third-order valence-corrected chi connectivity index (χ3v) is 3.00. The molecule has 72 valence electrons. The maximum Gasteiger partial charge on any atom is 0.0165 e. The van der Waals surface area contributed by atoms with Gasteiger partial charge in [-0.3, -0.25) is 0 Å². The van der Waals surface area contributed by atoms with Crippen LogP contribution in [0.1, 0.15) is 20.8 Å². The Bertz CT molecular complexity index is 154. The Morgan fingerprint density at radius 2 is 2.00 bits per heavy atom. The van der Waals surface area contributed by atoms with Crippen molar-refractivity contribution in [2.45, 2.75) is 26.8 Å². The van der Waals surface area contributed by atoms with E-state index in [1.807, 2.05) is 0 Å². The fourth-order valence-electron chi connectivity index (χ4n) is 2.90. The molecule has 2 nitrogen and oxygen atoms in total. The maximum absolute atomic E-state index is 3.44. The van der Waals surface area contributed by atoms with E-state index in [1.165, 1.54) is 13.1 Å². The lowest BCUT2D eigenvalue weighted by Gasteiger charge is -2.46. The van der Waals surface area contributed by atoms with Gasteiger partial charge in [0.25, 0.3) is 0 Å². The minimum atomic E-state index is 0.404. The van der Waals surface area contributed by atoms with Gasteiger partial charge in [-0.05, 0) is 25.4 Å². The predicted molar refractivity (Wildman–Crippen MR) is 53.3 cm³/mol. The molecular weight excluding hydrogens is 148 g/mol. The molecule has 2 unspecified atom stereocenters. The van der Waals surface area contributed by atoms with Gasteiger partial charge in [0.1, 0.15) is 0 Å². The second-order valence-electron chi connectivity index (χ2n) is 4.93. The molecule has 0 radical (unpaired) electrons. The zero-order valence-corrected chi connectivity index (χ0v) is 9.02. The lowest BCUT2D eigenvalue weighted by molar-refractivity contribution is 0.0581. The van der Waals surface area contributed by atoms with Gasteiger partial charge in [0.05, 0.1) is 0 Å². The summed E-state index contributed by atoms with van der Waals surface area (Å²) in [6.07, 6.45) is 0. The normalized spacial score (nSPS) is 36.8. The van der Waals surface area contributed by atoms with Crippen molar-refractivity contribution in [3.63, 3.8) is 0 Å². The standard InChI is InChI=1S/C10H22N2/c1-8-6-12(5)7-10(2,3)9(8)11-4/h8-9,11H,6-7H2,1-5H3. The highest BCUT2D eigenvalue weighted by Gasteiger charge is 2.37. The van der Waals surface area contributed by atoms with Crippen molar-refractivity contribution in [1.29, 1.82) is 0 Å². The SMILES string of the molecule is CNC1C(C)CN(C)CC1(C)C. The van der Waals surface area contributed by atoms with Gasteiger partial charge in [0, 0.05) is 19.1 Å². The molecule has 0 bridgehead atoms. The molecule has 0 amide bonds. The van der Waals surface area contributed by atoms with Gasteiger partial charge in [-0.2, -0.15) is 0 Å². The highest BCUT2D eigenvalue weighted by Crippen LogP contribution is 2.31. The predicted octanol–water partition coefficient (Wildman–Crippen LogP) is 1.18. The van der Waals surface area contributed by atoms with E-state index in [4.69, 9.17) is 0 Å². The molecule has 0 aromatic carbocycles. The van der Waals surface area contributed by atoms with E-state index in [9.17, 15) is 0 Å². The molecular formula is C10H22N2. The minimum absolute atomic E-state index is 0.404. The van der Waals surface area contributed by atoms with E-state index >= 15 is 0 Å². The van der Waals surface area contributed by atoms with Crippen molar-refractivity contribution in [3.8, 4) is 0 Å². The quantitative estimate of drug-likeness (QED) is 0.636. The van der Waals surface area contributed by atoms with E-state index in [-0.39, 0.29) is 0 Å². The first-order valence-electron chi connectivity index (χ1n) is 4.83. The molecule has 1 heterocycles. The van der Waals surface area contributed by atoms with Crippen LogP contribution in [0.4, 0.5) is 0 Å². The average Bonchev–Trinajstić information content (AvgIpc) is 1.82. The van der Waals surface area contributed by atoms with Gasteiger partial charge in [-0.1, -0.05) is 20.8 Å². The molecule has 0 spiro atoms. The van der Waals surface area contributed by atoms with Crippen LogP contribution < -0.4 is 5.32 Å². The summed E-state index contributed by atoms with van der Waals surface area (Å²) in [6.45, 7) is 9.44. The molecule has 0 aromatic rings. The van der Waals surface area contributed by atoms with Crippen LogP contribution in [-0.4, -0.2) is 38.1 Å². The summed E-state index contributed by atoms with van der Waals surface area (Å²) in [4.78, 5) is 2.43. The second kappa shape index (κ2) is 3.35. The summed E-state index contributed by atoms with van der Waals surface area (Å²) < 4.78 is 0. The number of rotatable bonds is 1. The maximum atomic E-state index is 3.44. The van der Waals surface area contributed by atoms with E-state index in [1.54, 1.807) is 0 Å². The first kappa shape index (κ1) is 10.0. The summed E-state index contributed by atoms with van der Waals surface area (Å²) >= 11 is 0. The summed E-state index contributed by atoms with van der Waals surface area (Å²) in [5, 5.41) is 3.44. The average molecular weight is 170 g/mol. The van der Waals surface area contributed by atoms with Crippen LogP contribution in [0.15, 0.2) is 0 Å². The summed E-state index contributed by atoms with van der Waals surface area (Å²) in [5.74, 6) is 0.753. The zero-order chi connectivity index (χ0) is 9.35. The van der Waals surface area contributed by atoms with Crippen LogP contribution in [0.3, 0.4) is 0 Å². The molecule has 1 fully saturated rings. The number of likely N-dealkylation sites (tertiary alicyclic amines) is 1. The third kappa shape index (κ3) is 1.80.